The summed E-state index contributed by atoms with van der Waals surface area (Å²) in [6.07, 6.45) is 1.00. The van der Waals surface area contributed by atoms with Gasteiger partial charge in [0.2, 0.25) is 0 Å². The number of carboxylic acid groups (broad SMARTS) is 1. The smallest absolute Gasteiger partial charge is 0.336 e. The van der Waals surface area contributed by atoms with Gasteiger partial charge in [0.05, 0.1) is 5.57 Å². The summed E-state index contributed by atoms with van der Waals surface area (Å²) in [7, 11) is 0. The Kier molecular flexibility index (Phi) is 3.71. The molecule has 2 aromatic rings. The van der Waals surface area contributed by atoms with E-state index in [1.165, 1.54) is 6.07 Å². The Hall–Kier alpha value is -2.49. The zero-order valence-electron chi connectivity index (χ0n) is 9.81. The highest BCUT2D eigenvalue weighted by atomic mass is 19.1. The van der Waals surface area contributed by atoms with Crippen molar-refractivity contribution >= 4 is 17.6 Å². The summed E-state index contributed by atoms with van der Waals surface area (Å²) in [5, 5.41) is 9.16. The quantitative estimate of drug-likeness (QED) is 0.676. The summed E-state index contributed by atoms with van der Waals surface area (Å²) in [5.74, 6) is -2.83. The summed E-state index contributed by atoms with van der Waals surface area (Å²) < 4.78 is 27.0. The van der Waals surface area contributed by atoms with Crippen LogP contribution in [-0.2, 0) is 4.79 Å². The molecule has 0 saturated heterocycles. The zero-order chi connectivity index (χ0) is 13.8. The number of hydrogen-bond acceptors (Lipinski definition) is 1. The number of benzene rings is 2. The molecule has 0 aromatic heterocycles. The van der Waals surface area contributed by atoms with Crippen molar-refractivity contribution in [2.45, 2.75) is 0 Å². The van der Waals surface area contributed by atoms with Crippen molar-refractivity contribution in [3.8, 4) is 0 Å². The number of carbonyl (C=O) groups is 1. The Morgan fingerprint density at radius 1 is 0.947 bits per heavy atom. The Bertz CT molecular complexity index is 614. The van der Waals surface area contributed by atoms with Gasteiger partial charge in [-0.3, -0.25) is 0 Å². The molecule has 2 nitrogen and oxygen atoms in total. The summed E-state index contributed by atoms with van der Waals surface area (Å²) in [6.45, 7) is 0. The van der Waals surface area contributed by atoms with E-state index >= 15 is 0 Å². The maximum Gasteiger partial charge on any atom is 0.336 e. The van der Waals surface area contributed by atoms with Crippen LogP contribution in [0.2, 0.25) is 0 Å². The Morgan fingerprint density at radius 3 is 2.05 bits per heavy atom. The van der Waals surface area contributed by atoms with Gasteiger partial charge in [-0.05, 0) is 23.8 Å². The first-order valence-electron chi connectivity index (χ1n) is 5.54. The van der Waals surface area contributed by atoms with E-state index in [1.54, 1.807) is 30.3 Å². The van der Waals surface area contributed by atoms with Gasteiger partial charge < -0.3 is 5.11 Å². The molecule has 0 unspecified atom stereocenters. The largest absolute Gasteiger partial charge is 0.478 e. The Balaban J connectivity index is 2.57. The molecule has 0 heterocycles. The van der Waals surface area contributed by atoms with Crippen molar-refractivity contribution in [1.29, 1.82) is 0 Å². The van der Waals surface area contributed by atoms with E-state index in [0.29, 0.717) is 5.56 Å². The highest BCUT2D eigenvalue weighted by Gasteiger charge is 2.13. The minimum absolute atomic E-state index is 0.162. The van der Waals surface area contributed by atoms with Crippen LogP contribution in [0.1, 0.15) is 11.1 Å². The highest BCUT2D eigenvalue weighted by molar-refractivity contribution is 6.20. The van der Waals surface area contributed by atoms with Gasteiger partial charge in [-0.15, -0.1) is 0 Å². The van der Waals surface area contributed by atoms with Crippen LogP contribution in [-0.4, -0.2) is 11.1 Å². The lowest BCUT2D eigenvalue weighted by Crippen LogP contribution is -2.00. The molecule has 0 atom stereocenters. The second-order valence-electron chi connectivity index (χ2n) is 3.86. The highest BCUT2D eigenvalue weighted by Crippen LogP contribution is 2.22. The molecule has 19 heavy (non-hydrogen) atoms. The molecule has 0 spiro atoms. The molecule has 0 aliphatic heterocycles. The second-order valence-corrected chi connectivity index (χ2v) is 3.86. The van der Waals surface area contributed by atoms with Crippen LogP contribution in [0.5, 0.6) is 0 Å². The van der Waals surface area contributed by atoms with Gasteiger partial charge in [-0.25, -0.2) is 13.6 Å². The molecule has 0 aliphatic carbocycles. The van der Waals surface area contributed by atoms with Crippen LogP contribution in [0, 0.1) is 11.6 Å². The second kappa shape index (κ2) is 5.44. The van der Waals surface area contributed by atoms with E-state index in [2.05, 4.69) is 0 Å². The molecule has 4 heteroatoms. The van der Waals surface area contributed by atoms with Crippen molar-refractivity contribution in [1.82, 2.24) is 0 Å². The number of aliphatic carboxylic acids is 1. The Morgan fingerprint density at radius 2 is 1.53 bits per heavy atom. The molecular formula is C15H10F2O2. The lowest BCUT2D eigenvalue weighted by Gasteiger charge is -2.04. The summed E-state index contributed by atoms with van der Waals surface area (Å²) >= 11 is 0. The lowest BCUT2D eigenvalue weighted by atomic mass is 10.0. The third-order valence-electron chi connectivity index (χ3n) is 2.60. The molecule has 0 fully saturated rings. The van der Waals surface area contributed by atoms with Crippen molar-refractivity contribution < 1.29 is 18.7 Å². The maximum absolute atomic E-state index is 13.5. The topological polar surface area (TPSA) is 37.3 Å². The van der Waals surface area contributed by atoms with Gasteiger partial charge in [0, 0.05) is 5.56 Å². The minimum Gasteiger partial charge on any atom is -0.478 e. The predicted molar refractivity (Wildman–Crippen MR) is 68.3 cm³/mol. The first-order valence-corrected chi connectivity index (χ1v) is 5.54. The summed E-state index contributed by atoms with van der Waals surface area (Å²) in [5.41, 5.74) is -0.133. The molecule has 0 bridgehead atoms. The Labute approximate surface area is 108 Å². The predicted octanol–water partition coefficient (Wildman–Crippen LogP) is 3.59. The van der Waals surface area contributed by atoms with Gasteiger partial charge in [-0.2, -0.15) is 0 Å². The fourth-order valence-corrected chi connectivity index (χ4v) is 1.68. The van der Waals surface area contributed by atoms with Crippen molar-refractivity contribution in [2.24, 2.45) is 0 Å². The van der Waals surface area contributed by atoms with E-state index in [4.69, 9.17) is 5.11 Å². The molecule has 0 amide bonds. The fourth-order valence-electron chi connectivity index (χ4n) is 1.68. The maximum atomic E-state index is 13.5. The van der Waals surface area contributed by atoms with Crippen molar-refractivity contribution in [2.75, 3.05) is 0 Å². The van der Waals surface area contributed by atoms with Gasteiger partial charge in [-0.1, -0.05) is 36.4 Å². The molecule has 96 valence electrons. The van der Waals surface area contributed by atoms with E-state index in [9.17, 15) is 13.6 Å². The van der Waals surface area contributed by atoms with E-state index in [-0.39, 0.29) is 11.1 Å². The van der Waals surface area contributed by atoms with E-state index in [1.807, 2.05) is 0 Å². The lowest BCUT2D eigenvalue weighted by molar-refractivity contribution is -0.130. The van der Waals surface area contributed by atoms with Crippen LogP contribution < -0.4 is 0 Å². The third-order valence-corrected chi connectivity index (χ3v) is 2.60. The van der Waals surface area contributed by atoms with E-state index in [0.717, 1.165) is 18.2 Å². The number of halogens is 2. The van der Waals surface area contributed by atoms with E-state index < -0.39 is 17.6 Å². The summed E-state index contributed by atoms with van der Waals surface area (Å²) in [4.78, 5) is 11.2. The molecule has 1 N–H and O–H groups in total. The minimum atomic E-state index is -1.24. The molecule has 0 aliphatic rings. The van der Waals surface area contributed by atoms with Gasteiger partial charge in [0.25, 0.3) is 0 Å². The van der Waals surface area contributed by atoms with Crippen LogP contribution in [0.15, 0.2) is 48.5 Å². The molecule has 2 rings (SSSR count). The number of hydrogen-bond donors (Lipinski definition) is 1. The number of carboxylic acids is 1. The van der Waals surface area contributed by atoms with Gasteiger partial charge >= 0.3 is 5.97 Å². The van der Waals surface area contributed by atoms with Crippen molar-refractivity contribution in [3.63, 3.8) is 0 Å². The average molecular weight is 260 g/mol. The fraction of sp³-hybridized carbons (Fsp3) is 0. The van der Waals surface area contributed by atoms with Crippen LogP contribution in [0.4, 0.5) is 8.78 Å². The summed E-state index contributed by atoms with van der Waals surface area (Å²) in [6, 6.07) is 11.6. The first-order chi connectivity index (χ1) is 9.09. The number of rotatable bonds is 3. The van der Waals surface area contributed by atoms with Crippen LogP contribution in [0.3, 0.4) is 0 Å². The molecule has 0 saturated carbocycles. The standard InChI is InChI=1S/C15H10F2O2/c16-13-7-4-8-14(17)12(13)9-11(15(18)19)10-5-2-1-3-6-10/h1-9H,(H,18,19)/b11-9-. The monoisotopic (exact) mass is 260 g/mol. The molecular weight excluding hydrogens is 250 g/mol. The van der Waals surface area contributed by atoms with Gasteiger partial charge in [0.1, 0.15) is 11.6 Å². The SMILES string of the molecule is O=C(O)/C(=C\c1c(F)cccc1F)c1ccccc1. The third kappa shape index (κ3) is 2.85. The first kappa shape index (κ1) is 13.0. The molecule has 2 aromatic carbocycles. The van der Waals surface area contributed by atoms with Crippen LogP contribution in [0.25, 0.3) is 11.6 Å². The average Bonchev–Trinajstić information content (AvgIpc) is 2.39. The van der Waals surface area contributed by atoms with Gasteiger partial charge in [0.15, 0.2) is 0 Å². The molecule has 0 radical (unpaired) electrons. The zero-order valence-corrected chi connectivity index (χ0v) is 9.81. The van der Waals surface area contributed by atoms with Crippen molar-refractivity contribution in [3.05, 3.63) is 71.3 Å². The van der Waals surface area contributed by atoms with Crippen LogP contribution >= 0.6 is 0 Å². The normalized spacial score (nSPS) is 11.4.